The number of esters is 3. The van der Waals surface area contributed by atoms with Crippen molar-refractivity contribution in [2.75, 3.05) is 13.2 Å². The molecule has 8 heteroatoms. The summed E-state index contributed by atoms with van der Waals surface area (Å²) in [7, 11) is 0. The highest BCUT2D eigenvalue weighted by Gasteiger charge is 2.15. The van der Waals surface area contributed by atoms with Crippen LogP contribution < -0.4 is 10.4 Å². The van der Waals surface area contributed by atoms with E-state index in [-0.39, 0.29) is 24.4 Å². The summed E-state index contributed by atoms with van der Waals surface area (Å²) in [6.45, 7) is 15.6. The van der Waals surface area contributed by atoms with E-state index in [2.05, 4.69) is 19.7 Å². The maximum atomic E-state index is 13.0. The van der Waals surface area contributed by atoms with Gasteiger partial charge in [0.05, 0.1) is 18.8 Å². The lowest BCUT2D eigenvalue weighted by Crippen LogP contribution is -2.11. The Morgan fingerprint density at radius 2 is 1.33 bits per heavy atom. The van der Waals surface area contributed by atoms with Gasteiger partial charge in [0.2, 0.25) is 0 Å². The quantitative estimate of drug-likeness (QED) is 0.143. The molecule has 3 aromatic rings. The number of benzene rings is 2. The molecule has 3 rings (SSSR count). The van der Waals surface area contributed by atoms with Crippen molar-refractivity contribution in [1.82, 2.24) is 0 Å². The summed E-state index contributed by atoms with van der Waals surface area (Å²) in [5.74, 6) is -1.22. The standard InChI is InChI=1S/C31H30O8/c1-18(2)28(32)36-13-11-21-15-23(12-14-37-29(33)19(3)4)27-24(16-21)17-26(31(35)39-27)22-7-9-25(10-8-22)38-30(34)20(5)6/h7-10,15-17H,1,3,5,11-14H2,2,4,6H3. The van der Waals surface area contributed by atoms with Gasteiger partial charge in [-0.05, 0) is 61.7 Å². The second-order valence-electron chi connectivity index (χ2n) is 9.15. The van der Waals surface area contributed by atoms with Crippen LogP contribution in [-0.4, -0.2) is 31.1 Å². The predicted octanol–water partition coefficient (Wildman–Crippen LogP) is 5.27. The molecule has 202 valence electrons. The summed E-state index contributed by atoms with van der Waals surface area (Å²) >= 11 is 0. The van der Waals surface area contributed by atoms with Crippen molar-refractivity contribution in [3.8, 4) is 16.9 Å². The van der Waals surface area contributed by atoms with E-state index in [1.807, 2.05) is 12.1 Å². The zero-order valence-corrected chi connectivity index (χ0v) is 22.3. The van der Waals surface area contributed by atoms with Crippen LogP contribution in [0, 0.1) is 0 Å². The first-order valence-corrected chi connectivity index (χ1v) is 12.2. The molecule has 0 spiro atoms. The highest BCUT2D eigenvalue weighted by atomic mass is 16.5. The second kappa shape index (κ2) is 12.7. The van der Waals surface area contributed by atoms with Crippen molar-refractivity contribution >= 4 is 28.9 Å². The molecular formula is C31H30O8. The van der Waals surface area contributed by atoms with Crippen LogP contribution in [0.4, 0.5) is 0 Å². The molecule has 0 amide bonds. The van der Waals surface area contributed by atoms with Gasteiger partial charge in [-0.25, -0.2) is 19.2 Å². The van der Waals surface area contributed by atoms with Gasteiger partial charge in [-0.1, -0.05) is 37.9 Å². The van der Waals surface area contributed by atoms with Crippen LogP contribution in [0.25, 0.3) is 22.1 Å². The Labute approximate surface area is 226 Å². The van der Waals surface area contributed by atoms with Gasteiger partial charge < -0.3 is 18.6 Å². The molecule has 0 saturated heterocycles. The molecule has 0 aliphatic carbocycles. The normalized spacial score (nSPS) is 10.5. The Morgan fingerprint density at radius 3 is 1.90 bits per heavy atom. The molecule has 1 heterocycles. The molecule has 2 aromatic carbocycles. The van der Waals surface area contributed by atoms with Gasteiger partial charge in [0.1, 0.15) is 11.3 Å². The molecule has 0 fully saturated rings. The molecule has 0 aliphatic rings. The van der Waals surface area contributed by atoms with Gasteiger partial charge in [0.25, 0.3) is 0 Å². The third-order valence-electron chi connectivity index (χ3n) is 5.62. The van der Waals surface area contributed by atoms with E-state index in [0.29, 0.717) is 51.8 Å². The van der Waals surface area contributed by atoms with E-state index in [9.17, 15) is 19.2 Å². The molecule has 0 saturated carbocycles. The highest BCUT2D eigenvalue weighted by molar-refractivity contribution is 5.89. The molecule has 0 bridgehead atoms. The van der Waals surface area contributed by atoms with Crippen LogP contribution in [0.15, 0.2) is 88.1 Å². The lowest BCUT2D eigenvalue weighted by Gasteiger charge is -2.12. The Bertz CT molecular complexity index is 1520. The Kier molecular flexibility index (Phi) is 9.38. The first-order valence-electron chi connectivity index (χ1n) is 12.2. The van der Waals surface area contributed by atoms with Crippen LogP contribution in [0.3, 0.4) is 0 Å². The van der Waals surface area contributed by atoms with Gasteiger partial charge in [-0.3, -0.25) is 0 Å². The monoisotopic (exact) mass is 530 g/mol. The Balaban J connectivity index is 1.95. The summed E-state index contributed by atoms with van der Waals surface area (Å²) in [6, 6.07) is 11.8. The maximum Gasteiger partial charge on any atom is 0.344 e. The van der Waals surface area contributed by atoms with Crippen LogP contribution in [0.1, 0.15) is 31.9 Å². The number of fused-ring (bicyclic) bond motifs is 1. The summed E-state index contributed by atoms with van der Waals surface area (Å²) in [4.78, 5) is 48.3. The van der Waals surface area contributed by atoms with E-state index < -0.39 is 23.5 Å². The fourth-order valence-corrected chi connectivity index (χ4v) is 3.57. The zero-order valence-electron chi connectivity index (χ0n) is 22.3. The number of hydrogen-bond acceptors (Lipinski definition) is 8. The number of ether oxygens (including phenoxy) is 3. The molecule has 0 N–H and O–H groups in total. The van der Waals surface area contributed by atoms with Crippen LogP contribution >= 0.6 is 0 Å². The molecule has 39 heavy (non-hydrogen) atoms. The summed E-state index contributed by atoms with van der Waals surface area (Å²) in [5.41, 5.74) is 3.04. The summed E-state index contributed by atoms with van der Waals surface area (Å²) in [6.07, 6.45) is 0.699. The number of carbonyl (C=O) groups excluding carboxylic acids is 3. The fraction of sp³-hybridized carbons (Fsp3) is 0.226. The van der Waals surface area contributed by atoms with E-state index in [1.165, 1.54) is 0 Å². The Morgan fingerprint density at radius 1 is 0.769 bits per heavy atom. The summed E-state index contributed by atoms with van der Waals surface area (Å²) in [5, 5.41) is 0.646. The molecule has 8 nitrogen and oxygen atoms in total. The number of rotatable bonds is 11. The van der Waals surface area contributed by atoms with Gasteiger partial charge >= 0.3 is 23.5 Å². The van der Waals surface area contributed by atoms with Gasteiger partial charge in [-0.2, -0.15) is 0 Å². The van der Waals surface area contributed by atoms with Crippen LogP contribution in [-0.2, 0) is 36.7 Å². The fourth-order valence-electron chi connectivity index (χ4n) is 3.57. The minimum Gasteiger partial charge on any atom is -0.462 e. The maximum absolute atomic E-state index is 13.0. The smallest absolute Gasteiger partial charge is 0.344 e. The van der Waals surface area contributed by atoms with Crippen molar-refractivity contribution in [1.29, 1.82) is 0 Å². The minimum absolute atomic E-state index is 0.0602. The van der Waals surface area contributed by atoms with Crippen molar-refractivity contribution in [2.24, 2.45) is 0 Å². The SMILES string of the molecule is C=C(C)C(=O)OCCc1cc(CCOC(=O)C(=C)C)c2oc(=O)c(-c3ccc(OC(=O)C(=C)C)cc3)cc2c1. The number of hydrogen-bond donors (Lipinski definition) is 0. The number of carbonyl (C=O) groups is 3. The van der Waals surface area contributed by atoms with Crippen molar-refractivity contribution in [2.45, 2.75) is 33.6 Å². The lowest BCUT2D eigenvalue weighted by molar-refractivity contribution is -0.139. The highest BCUT2D eigenvalue weighted by Crippen LogP contribution is 2.27. The molecular weight excluding hydrogens is 500 g/mol. The molecule has 1 aromatic heterocycles. The van der Waals surface area contributed by atoms with E-state index in [4.69, 9.17) is 18.6 Å². The first kappa shape index (κ1) is 28.8. The molecule has 0 unspecified atom stereocenters. The van der Waals surface area contributed by atoms with Crippen LogP contribution in [0.2, 0.25) is 0 Å². The lowest BCUT2D eigenvalue weighted by atomic mass is 9.99. The largest absolute Gasteiger partial charge is 0.462 e. The first-order chi connectivity index (χ1) is 18.5. The van der Waals surface area contributed by atoms with Gasteiger partial charge in [0.15, 0.2) is 0 Å². The van der Waals surface area contributed by atoms with E-state index >= 15 is 0 Å². The van der Waals surface area contributed by atoms with Gasteiger partial charge in [-0.15, -0.1) is 0 Å². The van der Waals surface area contributed by atoms with Crippen LogP contribution in [0.5, 0.6) is 5.75 Å². The van der Waals surface area contributed by atoms with Gasteiger partial charge in [0, 0.05) is 34.9 Å². The summed E-state index contributed by atoms with van der Waals surface area (Å²) < 4.78 is 21.4. The van der Waals surface area contributed by atoms with E-state index in [0.717, 1.165) is 5.56 Å². The third kappa shape index (κ3) is 7.64. The molecule has 0 atom stereocenters. The molecule has 0 aliphatic heterocycles. The van der Waals surface area contributed by atoms with Crippen molar-refractivity contribution in [3.63, 3.8) is 0 Å². The van der Waals surface area contributed by atoms with Crippen molar-refractivity contribution in [3.05, 3.63) is 100 Å². The zero-order chi connectivity index (χ0) is 28.7. The predicted molar refractivity (Wildman–Crippen MR) is 147 cm³/mol. The Hall–Kier alpha value is -4.72. The average molecular weight is 531 g/mol. The van der Waals surface area contributed by atoms with Crippen molar-refractivity contribution < 1.29 is 33.0 Å². The minimum atomic E-state index is -0.558. The van der Waals surface area contributed by atoms with E-state index in [1.54, 1.807) is 51.1 Å². The molecule has 0 radical (unpaired) electrons. The topological polar surface area (TPSA) is 109 Å². The second-order valence-corrected chi connectivity index (χ2v) is 9.15. The average Bonchev–Trinajstić information content (AvgIpc) is 2.88. The third-order valence-corrected chi connectivity index (χ3v) is 5.62.